The number of nitrogen functional groups attached to an aromatic ring is 1. The lowest BCUT2D eigenvalue weighted by Gasteiger charge is -2.17. The number of hydrogen-bond acceptors (Lipinski definition) is 5. The van der Waals surface area contributed by atoms with E-state index in [-0.39, 0.29) is 17.6 Å². The maximum Gasteiger partial charge on any atom is 0.151 e. The van der Waals surface area contributed by atoms with Crippen LogP contribution in [0.1, 0.15) is 19.6 Å². The van der Waals surface area contributed by atoms with E-state index in [4.69, 9.17) is 10.5 Å². The molecule has 0 aromatic carbocycles. The molecule has 0 amide bonds. The third-order valence-electron chi connectivity index (χ3n) is 2.71. The van der Waals surface area contributed by atoms with Crippen molar-refractivity contribution >= 4 is 18.4 Å². The topological polar surface area (TPSA) is 73.3 Å². The van der Waals surface area contributed by atoms with E-state index in [1.54, 1.807) is 17.1 Å². The van der Waals surface area contributed by atoms with E-state index in [1.807, 2.05) is 6.92 Å². The number of thiol groups is 1. The van der Waals surface area contributed by atoms with Crippen molar-refractivity contribution in [1.29, 1.82) is 0 Å². The Bertz CT molecular complexity index is 344. The second-order valence-corrected chi connectivity index (χ2v) is 4.28. The number of imidazole rings is 1. The van der Waals surface area contributed by atoms with Crippen LogP contribution in [0.2, 0.25) is 0 Å². The van der Waals surface area contributed by atoms with Crippen molar-refractivity contribution in [2.45, 2.75) is 37.0 Å². The molecule has 6 heteroatoms. The van der Waals surface area contributed by atoms with Crippen LogP contribution in [0.15, 0.2) is 12.5 Å². The largest absolute Gasteiger partial charge is 0.389 e. The van der Waals surface area contributed by atoms with Crippen LogP contribution in [0.4, 0.5) is 5.82 Å². The zero-order valence-electron chi connectivity index (χ0n) is 8.45. The van der Waals surface area contributed by atoms with Gasteiger partial charge in [-0.3, -0.25) is 4.57 Å². The van der Waals surface area contributed by atoms with Crippen molar-refractivity contribution in [3.8, 4) is 0 Å². The molecule has 0 saturated carbocycles. The van der Waals surface area contributed by atoms with E-state index in [0.29, 0.717) is 5.82 Å². The zero-order chi connectivity index (χ0) is 11.0. The minimum atomic E-state index is -0.565. The van der Waals surface area contributed by atoms with Gasteiger partial charge in [0.25, 0.3) is 0 Å². The van der Waals surface area contributed by atoms with E-state index in [0.717, 1.165) is 6.42 Å². The van der Waals surface area contributed by atoms with Crippen molar-refractivity contribution in [1.82, 2.24) is 9.55 Å². The smallest absolute Gasteiger partial charge is 0.151 e. The maximum absolute atomic E-state index is 9.84. The molecule has 0 bridgehead atoms. The van der Waals surface area contributed by atoms with Crippen LogP contribution in [0, 0.1) is 0 Å². The highest BCUT2D eigenvalue weighted by molar-refractivity contribution is 7.81. The summed E-state index contributed by atoms with van der Waals surface area (Å²) in [4.78, 5) is 3.92. The normalized spacial score (nSPS) is 35.9. The van der Waals surface area contributed by atoms with Gasteiger partial charge in [-0.15, -0.1) is 0 Å². The number of anilines is 1. The molecule has 4 atom stereocenters. The fourth-order valence-electron chi connectivity index (χ4n) is 1.82. The van der Waals surface area contributed by atoms with Crippen LogP contribution in [0.25, 0.3) is 0 Å². The van der Waals surface area contributed by atoms with Gasteiger partial charge < -0.3 is 15.6 Å². The van der Waals surface area contributed by atoms with Crippen LogP contribution in [-0.2, 0) is 4.74 Å². The lowest BCUT2D eigenvalue weighted by Crippen LogP contribution is -2.27. The lowest BCUT2D eigenvalue weighted by atomic mass is 10.1. The molecule has 2 rings (SSSR count). The van der Waals surface area contributed by atoms with Gasteiger partial charge in [0.15, 0.2) is 6.23 Å². The number of nitrogens with two attached hydrogens (primary N) is 1. The van der Waals surface area contributed by atoms with Crippen molar-refractivity contribution in [2.24, 2.45) is 0 Å². The molecule has 0 spiro atoms. The second kappa shape index (κ2) is 4.03. The van der Waals surface area contributed by atoms with Crippen LogP contribution in [0.3, 0.4) is 0 Å². The van der Waals surface area contributed by atoms with E-state index < -0.39 is 6.10 Å². The molecule has 2 heterocycles. The molecule has 0 unspecified atom stereocenters. The lowest BCUT2D eigenvalue weighted by molar-refractivity contribution is -0.0185. The van der Waals surface area contributed by atoms with Gasteiger partial charge in [0.2, 0.25) is 0 Å². The van der Waals surface area contributed by atoms with Crippen LogP contribution >= 0.6 is 12.6 Å². The minimum absolute atomic E-state index is 0.181. The summed E-state index contributed by atoms with van der Waals surface area (Å²) >= 11 is 4.35. The third kappa shape index (κ3) is 1.73. The molecule has 15 heavy (non-hydrogen) atoms. The summed E-state index contributed by atoms with van der Waals surface area (Å²) in [5.74, 6) is 0.517. The molecule has 1 saturated heterocycles. The van der Waals surface area contributed by atoms with Gasteiger partial charge in [0, 0.05) is 0 Å². The second-order valence-electron chi connectivity index (χ2n) is 3.68. The van der Waals surface area contributed by atoms with Gasteiger partial charge in [-0.25, -0.2) is 4.98 Å². The Morgan fingerprint density at radius 1 is 1.73 bits per heavy atom. The fraction of sp³-hybridized carbons (Fsp3) is 0.667. The molecule has 0 radical (unpaired) electrons. The Hall–Kier alpha value is -0.720. The predicted molar refractivity (Wildman–Crippen MR) is 59.6 cm³/mol. The predicted octanol–water partition coefficient (Wildman–Crippen LogP) is 0.432. The Kier molecular flexibility index (Phi) is 2.90. The van der Waals surface area contributed by atoms with E-state index >= 15 is 0 Å². The summed E-state index contributed by atoms with van der Waals surface area (Å²) in [6.07, 6.45) is 2.81. The quantitative estimate of drug-likeness (QED) is 0.643. The average molecular weight is 229 g/mol. The minimum Gasteiger partial charge on any atom is -0.389 e. The maximum atomic E-state index is 9.84. The number of rotatable bonds is 2. The molecule has 84 valence electrons. The van der Waals surface area contributed by atoms with E-state index in [9.17, 15) is 5.11 Å². The molecule has 5 nitrogen and oxygen atoms in total. The first-order chi connectivity index (χ1) is 7.15. The number of aromatic nitrogens is 2. The summed E-state index contributed by atoms with van der Waals surface area (Å²) < 4.78 is 7.37. The van der Waals surface area contributed by atoms with Gasteiger partial charge in [-0.2, -0.15) is 12.6 Å². The molecule has 1 aromatic heterocycles. The Balaban J connectivity index is 2.22. The van der Waals surface area contributed by atoms with Crippen LogP contribution < -0.4 is 5.73 Å². The van der Waals surface area contributed by atoms with Crippen molar-refractivity contribution in [2.75, 3.05) is 5.73 Å². The fourth-order valence-corrected chi connectivity index (χ4v) is 2.23. The van der Waals surface area contributed by atoms with E-state index in [2.05, 4.69) is 17.6 Å². The molecule has 1 aliphatic rings. The molecular weight excluding hydrogens is 214 g/mol. The van der Waals surface area contributed by atoms with Crippen molar-refractivity contribution < 1.29 is 9.84 Å². The zero-order valence-corrected chi connectivity index (χ0v) is 9.34. The molecule has 1 aliphatic heterocycles. The molecule has 0 aliphatic carbocycles. The van der Waals surface area contributed by atoms with Crippen LogP contribution in [-0.4, -0.2) is 32.1 Å². The summed E-state index contributed by atoms with van der Waals surface area (Å²) in [6.45, 7) is 1.97. The molecule has 1 aromatic rings. The highest BCUT2D eigenvalue weighted by Gasteiger charge is 2.41. The molecular formula is C9H15N3O2S. The van der Waals surface area contributed by atoms with Gasteiger partial charge in [0.1, 0.15) is 5.82 Å². The van der Waals surface area contributed by atoms with Gasteiger partial charge >= 0.3 is 0 Å². The van der Waals surface area contributed by atoms with E-state index in [1.165, 1.54) is 0 Å². The third-order valence-corrected chi connectivity index (χ3v) is 3.27. The number of aliphatic hydroxyl groups excluding tert-OH is 1. The van der Waals surface area contributed by atoms with Crippen LogP contribution in [0.5, 0.6) is 0 Å². The first-order valence-electron chi connectivity index (χ1n) is 4.94. The standard InChI is InChI=1S/C9H15N3O2S/c1-2-5-7(13)8(15)9(14-5)12-4-11-3-6(12)10/h3-5,7-9,13,15H,2,10H2,1H3/t5-,7-,8-,9-/m1/s1. The number of aliphatic hydroxyl groups is 1. The SMILES string of the molecule is CC[C@H]1O[C@@H](n2cncc2N)[C@H](S)[C@@H]1O. The van der Waals surface area contributed by atoms with Crippen molar-refractivity contribution in [3.05, 3.63) is 12.5 Å². The monoisotopic (exact) mass is 229 g/mol. The Labute approximate surface area is 93.7 Å². The highest BCUT2D eigenvalue weighted by atomic mass is 32.1. The highest BCUT2D eigenvalue weighted by Crippen LogP contribution is 2.35. The first-order valence-corrected chi connectivity index (χ1v) is 5.45. The molecule has 1 fully saturated rings. The average Bonchev–Trinajstić information content (AvgIpc) is 2.74. The number of hydrogen-bond donors (Lipinski definition) is 3. The van der Waals surface area contributed by atoms with Crippen molar-refractivity contribution in [3.63, 3.8) is 0 Å². The summed E-state index contributed by atoms with van der Waals surface area (Å²) in [5, 5.41) is 9.57. The Morgan fingerprint density at radius 3 is 2.93 bits per heavy atom. The summed E-state index contributed by atoms with van der Waals surface area (Å²) in [7, 11) is 0. The number of nitrogens with zero attached hydrogens (tertiary/aromatic N) is 2. The Morgan fingerprint density at radius 2 is 2.47 bits per heavy atom. The van der Waals surface area contributed by atoms with Gasteiger partial charge in [-0.1, -0.05) is 6.92 Å². The first kappa shape index (κ1) is 10.8. The summed E-state index contributed by atoms with van der Waals surface area (Å²) in [6, 6.07) is 0. The number of ether oxygens (including phenoxy) is 1. The molecule has 3 N–H and O–H groups in total. The van der Waals surface area contributed by atoms with Gasteiger partial charge in [-0.05, 0) is 6.42 Å². The summed E-state index contributed by atoms with van der Waals surface area (Å²) in [5.41, 5.74) is 5.72. The van der Waals surface area contributed by atoms with Gasteiger partial charge in [0.05, 0.1) is 30.0 Å².